The van der Waals surface area contributed by atoms with Gasteiger partial charge in [0.15, 0.2) is 0 Å². The summed E-state index contributed by atoms with van der Waals surface area (Å²) in [5, 5.41) is 3.51. The van der Waals surface area contributed by atoms with Gasteiger partial charge in [0.25, 0.3) is 0 Å². The predicted molar refractivity (Wildman–Crippen MR) is 94.3 cm³/mol. The molecule has 1 spiro atoms. The molecule has 0 radical (unpaired) electrons. The Morgan fingerprint density at radius 3 is 2.75 bits per heavy atom. The molecule has 1 saturated carbocycles. The molecule has 1 aliphatic heterocycles. The van der Waals surface area contributed by atoms with Gasteiger partial charge < -0.3 is 9.88 Å². The van der Waals surface area contributed by atoms with Crippen molar-refractivity contribution in [2.24, 2.45) is 5.41 Å². The summed E-state index contributed by atoms with van der Waals surface area (Å²) in [7, 11) is 0. The van der Waals surface area contributed by atoms with E-state index >= 15 is 0 Å². The summed E-state index contributed by atoms with van der Waals surface area (Å²) in [5.74, 6) is 1.18. The number of hydrogen-bond acceptors (Lipinski definition) is 4. The highest BCUT2D eigenvalue weighted by Crippen LogP contribution is 2.56. The molecule has 1 unspecified atom stereocenters. The van der Waals surface area contributed by atoms with Gasteiger partial charge in [0.2, 0.25) is 0 Å². The maximum absolute atomic E-state index is 4.61. The number of piperidine rings is 1. The molecule has 1 N–H and O–H groups in total. The van der Waals surface area contributed by atoms with E-state index in [1.165, 1.54) is 43.7 Å². The number of aryl methyl sites for hydroxylation is 1. The maximum atomic E-state index is 4.61. The van der Waals surface area contributed by atoms with Crippen LogP contribution in [0.1, 0.15) is 37.6 Å². The monoisotopic (exact) mass is 325 g/mol. The molecule has 1 saturated heterocycles. The lowest BCUT2D eigenvalue weighted by atomic mass is 9.93. The topological polar surface area (TPSA) is 46.0 Å². The van der Waals surface area contributed by atoms with Crippen molar-refractivity contribution in [3.63, 3.8) is 0 Å². The van der Waals surface area contributed by atoms with Crippen molar-refractivity contribution in [3.8, 4) is 0 Å². The molecule has 24 heavy (non-hydrogen) atoms. The number of nitrogens with one attached hydrogen (secondary N) is 1. The smallest absolute Gasteiger partial charge is 0.122 e. The number of imidazole rings is 1. The quantitative estimate of drug-likeness (QED) is 0.886. The van der Waals surface area contributed by atoms with E-state index in [1.54, 1.807) is 0 Å². The minimum atomic E-state index is 0.544. The van der Waals surface area contributed by atoms with E-state index in [0.29, 0.717) is 11.5 Å². The highest BCUT2D eigenvalue weighted by atomic mass is 15.2. The van der Waals surface area contributed by atoms with Crippen LogP contribution in [0.25, 0.3) is 0 Å². The van der Waals surface area contributed by atoms with Crippen LogP contribution in [0.3, 0.4) is 0 Å². The predicted octanol–water partition coefficient (Wildman–Crippen LogP) is 2.44. The molecule has 2 fully saturated rings. The van der Waals surface area contributed by atoms with Crippen molar-refractivity contribution in [1.82, 2.24) is 24.8 Å². The van der Waals surface area contributed by atoms with Crippen LogP contribution in [0.5, 0.6) is 0 Å². The summed E-state index contributed by atoms with van der Waals surface area (Å²) in [6.07, 6.45) is 11.8. The summed E-state index contributed by atoms with van der Waals surface area (Å²) < 4.78 is 2.26. The van der Waals surface area contributed by atoms with Crippen LogP contribution in [0.2, 0.25) is 0 Å². The minimum Gasteiger partial charge on any atom is -0.334 e. The molecule has 128 valence electrons. The number of aromatic nitrogens is 3. The molecule has 2 aromatic rings. The normalized spacial score (nSPS) is 22.2. The standard InChI is InChI=1S/C19H27N5/c1-2-23-12-11-22-18(23)15-24(14-16-3-7-20-8-4-16)17-13-19(17)5-9-21-10-6-19/h3-4,7-8,11-12,17,21H,2,5-6,9-10,13-15H2,1H3. The van der Waals surface area contributed by atoms with Gasteiger partial charge in [-0.3, -0.25) is 9.88 Å². The molecule has 1 aliphatic carbocycles. The number of hydrogen-bond donors (Lipinski definition) is 1. The lowest BCUT2D eigenvalue weighted by molar-refractivity contribution is 0.182. The van der Waals surface area contributed by atoms with Crippen molar-refractivity contribution < 1.29 is 0 Å². The van der Waals surface area contributed by atoms with E-state index < -0.39 is 0 Å². The van der Waals surface area contributed by atoms with Gasteiger partial charge in [0, 0.05) is 43.9 Å². The lowest BCUT2D eigenvalue weighted by Crippen LogP contribution is -2.36. The highest BCUT2D eigenvalue weighted by Gasteiger charge is 2.56. The fraction of sp³-hybridized carbons (Fsp3) is 0.579. The Morgan fingerprint density at radius 1 is 1.21 bits per heavy atom. The van der Waals surface area contributed by atoms with E-state index in [9.17, 15) is 0 Å². The third kappa shape index (κ3) is 3.10. The zero-order valence-electron chi connectivity index (χ0n) is 14.5. The summed E-state index contributed by atoms with van der Waals surface area (Å²) in [6.45, 7) is 7.43. The molecular formula is C19H27N5. The number of pyridine rings is 1. The number of rotatable bonds is 6. The van der Waals surface area contributed by atoms with Crippen molar-refractivity contribution in [2.45, 2.75) is 51.9 Å². The van der Waals surface area contributed by atoms with Crippen LogP contribution in [0, 0.1) is 5.41 Å². The van der Waals surface area contributed by atoms with Gasteiger partial charge in [0.1, 0.15) is 5.82 Å². The first kappa shape index (κ1) is 15.8. The molecule has 0 bridgehead atoms. The third-order valence-corrected chi connectivity index (χ3v) is 5.81. The largest absolute Gasteiger partial charge is 0.334 e. The maximum Gasteiger partial charge on any atom is 0.122 e. The zero-order valence-corrected chi connectivity index (χ0v) is 14.5. The Labute approximate surface area is 144 Å². The zero-order chi connectivity index (χ0) is 16.4. The summed E-state index contributed by atoms with van der Waals surface area (Å²) >= 11 is 0. The van der Waals surface area contributed by atoms with Crippen molar-refractivity contribution in [3.05, 3.63) is 48.3 Å². The second kappa shape index (κ2) is 6.65. The van der Waals surface area contributed by atoms with Gasteiger partial charge in [-0.2, -0.15) is 0 Å². The molecule has 0 amide bonds. The first-order valence-corrected chi connectivity index (χ1v) is 9.14. The SMILES string of the molecule is CCn1ccnc1CN(Cc1ccncc1)C1CC12CCNCC2. The second-order valence-corrected chi connectivity index (χ2v) is 7.22. The van der Waals surface area contributed by atoms with E-state index in [2.05, 4.69) is 50.0 Å². The Kier molecular flexibility index (Phi) is 4.37. The average Bonchev–Trinajstić information content (AvgIpc) is 3.11. The molecule has 3 heterocycles. The fourth-order valence-corrected chi connectivity index (χ4v) is 4.26. The highest BCUT2D eigenvalue weighted by molar-refractivity contribution is 5.15. The van der Waals surface area contributed by atoms with Gasteiger partial charge >= 0.3 is 0 Å². The molecular weight excluding hydrogens is 298 g/mol. The Balaban J connectivity index is 1.53. The third-order valence-electron chi connectivity index (χ3n) is 5.81. The Hall–Kier alpha value is -1.72. The van der Waals surface area contributed by atoms with E-state index in [0.717, 1.165) is 19.6 Å². The van der Waals surface area contributed by atoms with Crippen LogP contribution in [0.4, 0.5) is 0 Å². The van der Waals surface area contributed by atoms with Gasteiger partial charge in [-0.25, -0.2) is 4.98 Å². The van der Waals surface area contributed by atoms with Crippen molar-refractivity contribution in [1.29, 1.82) is 0 Å². The van der Waals surface area contributed by atoms with Crippen molar-refractivity contribution in [2.75, 3.05) is 13.1 Å². The van der Waals surface area contributed by atoms with Crippen LogP contribution in [-0.2, 0) is 19.6 Å². The molecule has 5 nitrogen and oxygen atoms in total. The van der Waals surface area contributed by atoms with Gasteiger partial charge in [-0.15, -0.1) is 0 Å². The first-order chi connectivity index (χ1) is 11.8. The number of nitrogens with zero attached hydrogens (tertiary/aromatic N) is 4. The van der Waals surface area contributed by atoms with Gasteiger partial charge in [-0.05, 0) is 62.4 Å². The van der Waals surface area contributed by atoms with Crippen LogP contribution >= 0.6 is 0 Å². The second-order valence-electron chi connectivity index (χ2n) is 7.22. The molecule has 2 aliphatic rings. The lowest BCUT2D eigenvalue weighted by Gasteiger charge is -2.29. The Bertz CT molecular complexity index is 659. The molecule has 0 aromatic carbocycles. The molecule has 4 rings (SSSR count). The first-order valence-electron chi connectivity index (χ1n) is 9.14. The molecule has 5 heteroatoms. The van der Waals surface area contributed by atoms with E-state index in [1.807, 2.05) is 18.6 Å². The molecule has 1 atom stereocenters. The van der Waals surface area contributed by atoms with E-state index in [-0.39, 0.29) is 0 Å². The van der Waals surface area contributed by atoms with Crippen LogP contribution in [-0.4, -0.2) is 38.6 Å². The van der Waals surface area contributed by atoms with Crippen LogP contribution in [0.15, 0.2) is 36.9 Å². The van der Waals surface area contributed by atoms with Crippen molar-refractivity contribution >= 4 is 0 Å². The summed E-state index contributed by atoms with van der Waals surface area (Å²) in [4.78, 5) is 11.4. The van der Waals surface area contributed by atoms with Gasteiger partial charge in [-0.1, -0.05) is 0 Å². The fourth-order valence-electron chi connectivity index (χ4n) is 4.26. The van der Waals surface area contributed by atoms with Gasteiger partial charge in [0.05, 0.1) is 6.54 Å². The average molecular weight is 325 g/mol. The minimum absolute atomic E-state index is 0.544. The van der Waals surface area contributed by atoms with E-state index in [4.69, 9.17) is 0 Å². The summed E-state index contributed by atoms with van der Waals surface area (Å²) in [5.41, 5.74) is 1.89. The molecule has 2 aromatic heterocycles. The van der Waals surface area contributed by atoms with Crippen LogP contribution < -0.4 is 5.32 Å². The summed E-state index contributed by atoms with van der Waals surface area (Å²) in [6, 6.07) is 4.96. The Morgan fingerprint density at radius 2 is 2.00 bits per heavy atom.